The van der Waals surface area contributed by atoms with E-state index < -0.39 is 5.63 Å². The van der Waals surface area contributed by atoms with Gasteiger partial charge in [-0.05, 0) is 11.6 Å². The van der Waals surface area contributed by atoms with E-state index >= 15 is 0 Å². The summed E-state index contributed by atoms with van der Waals surface area (Å²) in [6.07, 6.45) is 0. The van der Waals surface area contributed by atoms with Crippen LogP contribution in [0.2, 0.25) is 0 Å². The molecule has 0 atom stereocenters. The maximum Gasteiger partial charge on any atom is 0.348 e. The van der Waals surface area contributed by atoms with E-state index in [0.717, 1.165) is 10.9 Å². The number of carbonyl (C=O) groups excluding carboxylic acids is 1. The zero-order chi connectivity index (χ0) is 17.2. The highest BCUT2D eigenvalue weighted by Crippen LogP contribution is 2.31. The lowest BCUT2D eigenvalue weighted by Gasteiger charge is -2.11. The third kappa shape index (κ3) is 2.66. The predicted octanol–water partition coefficient (Wildman–Crippen LogP) is 4.69. The van der Waals surface area contributed by atoms with Gasteiger partial charge in [-0.25, -0.2) is 4.79 Å². The third-order valence-corrected chi connectivity index (χ3v) is 4.14. The zero-order valence-corrected chi connectivity index (χ0v) is 13.3. The number of ketones is 1. The van der Waals surface area contributed by atoms with Crippen LogP contribution in [-0.2, 0) is 0 Å². The zero-order valence-electron chi connectivity index (χ0n) is 13.3. The highest BCUT2D eigenvalue weighted by molar-refractivity contribution is 6.16. The van der Waals surface area contributed by atoms with E-state index in [1.54, 1.807) is 36.4 Å². The van der Waals surface area contributed by atoms with Gasteiger partial charge < -0.3 is 4.42 Å². The lowest BCUT2D eigenvalue weighted by atomic mass is 9.92. The Bertz CT molecular complexity index is 1110. The average Bonchev–Trinajstić information content (AvgIpc) is 2.68. The number of rotatable bonds is 3. The molecule has 4 rings (SSSR count). The Hall–Kier alpha value is -3.46. The molecule has 4 aromatic rings. The molecule has 1 aromatic heterocycles. The molecule has 120 valence electrons. The fourth-order valence-corrected chi connectivity index (χ4v) is 2.99. The van der Waals surface area contributed by atoms with Gasteiger partial charge in [0.05, 0.1) is 0 Å². The minimum absolute atomic E-state index is 0.0658. The molecule has 3 aromatic carbocycles. The summed E-state index contributed by atoms with van der Waals surface area (Å²) in [6, 6.07) is 25.5. The van der Waals surface area contributed by atoms with Crippen molar-refractivity contribution in [3.63, 3.8) is 0 Å². The molecule has 3 nitrogen and oxygen atoms in total. The third-order valence-electron chi connectivity index (χ3n) is 4.14. The van der Waals surface area contributed by atoms with Crippen molar-refractivity contribution in [2.45, 2.75) is 0 Å². The molecule has 3 heteroatoms. The standard InChI is InChI=1S/C22H14O3/c23-21(16-11-5-2-6-12-16)20-19(15-9-3-1-4-10-15)17-13-7-8-14-18(17)25-22(20)24/h1-14H. The number of benzene rings is 3. The van der Waals surface area contributed by atoms with Crippen LogP contribution in [0.25, 0.3) is 22.1 Å². The van der Waals surface area contributed by atoms with Gasteiger partial charge in [0.2, 0.25) is 5.78 Å². The summed E-state index contributed by atoms with van der Waals surface area (Å²) in [5.74, 6) is -0.334. The second-order valence-electron chi connectivity index (χ2n) is 5.70. The molecular formula is C22H14O3. The molecule has 0 unspecified atom stereocenters. The highest BCUT2D eigenvalue weighted by atomic mass is 16.4. The SMILES string of the molecule is O=C(c1ccccc1)c1c(-c2ccccc2)c2ccccc2oc1=O. The Kier molecular flexibility index (Phi) is 3.75. The molecule has 0 saturated carbocycles. The molecule has 0 aliphatic rings. The van der Waals surface area contributed by atoms with Crippen molar-refractivity contribution < 1.29 is 9.21 Å². The number of para-hydroxylation sites is 1. The molecule has 0 aliphatic heterocycles. The summed E-state index contributed by atoms with van der Waals surface area (Å²) in [4.78, 5) is 25.7. The van der Waals surface area contributed by atoms with Crippen LogP contribution in [0.15, 0.2) is 94.1 Å². The van der Waals surface area contributed by atoms with Gasteiger partial charge in [0.1, 0.15) is 11.1 Å². The molecule has 0 fully saturated rings. The van der Waals surface area contributed by atoms with Gasteiger partial charge in [0, 0.05) is 16.5 Å². The minimum Gasteiger partial charge on any atom is -0.422 e. The number of fused-ring (bicyclic) bond motifs is 1. The summed E-state index contributed by atoms with van der Waals surface area (Å²) < 4.78 is 5.42. The molecule has 25 heavy (non-hydrogen) atoms. The minimum atomic E-state index is -0.619. The molecule has 0 spiro atoms. The lowest BCUT2D eigenvalue weighted by Crippen LogP contribution is -2.17. The van der Waals surface area contributed by atoms with Crippen LogP contribution in [0.4, 0.5) is 0 Å². The van der Waals surface area contributed by atoms with E-state index in [0.29, 0.717) is 16.7 Å². The van der Waals surface area contributed by atoms with Crippen LogP contribution in [0.5, 0.6) is 0 Å². The van der Waals surface area contributed by atoms with Crippen LogP contribution >= 0.6 is 0 Å². The van der Waals surface area contributed by atoms with Crippen molar-refractivity contribution in [3.8, 4) is 11.1 Å². The van der Waals surface area contributed by atoms with E-state index in [1.807, 2.05) is 48.5 Å². The largest absolute Gasteiger partial charge is 0.422 e. The van der Waals surface area contributed by atoms with E-state index in [4.69, 9.17) is 4.42 Å². The second kappa shape index (κ2) is 6.21. The average molecular weight is 326 g/mol. The Morgan fingerprint density at radius 1 is 0.720 bits per heavy atom. The normalized spacial score (nSPS) is 10.7. The Labute approximate surface area is 144 Å². The van der Waals surface area contributed by atoms with Crippen molar-refractivity contribution in [1.29, 1.82) is 0 Å². The number of hydrogen-bond acceptors (Lipinski definition) is 3. The Morgan fingerprint density at radius 2 is 1.32 bits per heavy atom. The predicted molar refractivity (Wildman–Crippen MR) is 97.8 cm³/mol. The van der Waals surface area contributed by atoms with Gasteiger partial charge in [-0.2, -0.15) is 0 Å². The fourth-order valence-electron chi connectivity index (χ4n) is 2.99. The van der Waals surface area contributed by atoms with Gasteiger partial charge in [-0.1, -0.05) is 78.9 Å². The van der Waals surface area contributed by atoms with Gasteiger partial charge in [-0.15, -0.1) is 0 Å². The summed E-state index contributed by atoms with van der Waals surface area (Å²) in [5, 5.41) is 0.743. The van der Waals surface area contributed by atoms with Crippen LogP contribution < -0.4 is 5.63 Å². The summed E-state index contributed by atoms with van der Waals surface area (Å²) in [5.41, 5.74) is 1.80. The molecule has 0 radical (unpaired) electrons. The Morgan fingerprint density at radius 3 is 2.04 bits per heavy atom. The molecule has 0 saturated heterocycles. The van der Waals surface area contributed by atoms with Crippen LogP contribution in [0.1, 0.15) is 15.9 Å². The van der Waals surface area contributed by atoms with Gasteiger partial charge in [0.25, 0.3) is 0 Å². The number of hydrogen-bond donors (Lipinski definition) is 0. The van der Waals surface area contributed by atoms with Crippen molar-refractivity contribution in [2.24, 2.45) is 0 Å². The fraction of sp³-hybridized carbons (Fsp3) is 0. The topological polar surface area (TPSA) is 47.3 Å². The number of carbonyl (C=O) groups is 1. The van der Waals surface area contributed by atoms with E-state index in [-0.39, 0.29) is 11.3 Å². The molecule has 1 heterocycles. The molecule has 0 amide bonds. The highest BCUT2D eigenvalue weighted by Gasteiger charge is 2.23. The van der Waals surface area contributed by atoms with Crippen molar-refractivity contribution in [1.82, 2.24) is 0 Å². The van der Waals surface area contributed by atoms with Crippen molar-refractivity contribution in [2.75, 3.05) is 0 Å². The van der Waals surface area contributed by atoms with Crippen molar-refractivity contribution >= 4 is 16.8 Å². The first-order valence-corrected chi connectivity index (χ1v) is 7.97. The molecule has 0 N–H and O–H groups in total. The first kappa shape index (κ1) is 15.1. The van der Waals surface area contributed by atoms with Gasteiger partial charge in [0.15, 0.2) is 0 Å². The maximum atomic E-state index is 13.0. The quantitative estimate of drug-likeness (QED) is 0.405. The van der Waals surface area contributed by atoms with E-state index in [9.17, 15) is 9.59 Å². The molecular weight excluding hydrogens is 312 g/mol. The first-order valence-electron chi connectivity index (χ1n) is 7.97. The second-order valence-corrected chi connectivity index (χ2v) is 5.70. The van der Waals surface area contributed by atoms with E-state index in [2.05, 4.69) is 0 Å². The smallest absolute Gasteiger partial charge is 0.348 e. The van der Waals surface area contributed by atoms with Crippen LogP contribution in [-0.4, -0.2) is 5.78 Å². The summed E-state index contributed by atoms with van der Waals surface area (Å²) in [7, 11) is 0. The maximum absolute atomic E-state index is 13.0. The molecule has 0 bridgehead atoms. The first-order chi connectivity index (χ1) is 12.3. The monoisotopic (exact) mass is 326 g/mol. The van der Waals surface area contributed by atoms with E-state index in [1.165, 1.54) is 0 Å². The van der Waals surface area contributed by atoms with Crippen LogP contribution in [0, 0.1) is 0 Å². The summed E-state index contributed by atoms with van der Waals surface area (Å²) in [6.45, 7) is 0. The van der Waals surface area contributed by atoms with Crippen molar-refractivity contribution in [3.05, 3.63) is 106 Å². The summed E-state index contributed by atoms with van der Waals surface area (Å²) >= 11 is 0. The Balaban J connectivity index is 2.09. The van der Waals surface area contributed by atoms with Crippen LogP contribution in [0.3, 0.4) is 0 Å². The van der Waals surface area contributed by atoms with Gasteiger partial charge >= 0.3 is 5.63 Å². The molecule has 0 aliphatic carbocycles. The van der Waals surface area contributed by atoms with Gasteiger partial charge in [-0.3, -0.25) is 4.79 Å². The lowest BCUT2D eigenvalue weighted by molar-refractivity contribution is 0.103.